The molecule has 1 heterocycles. The van der Waals surface area contributed by atoms with Crippen molar-refractivity contribution >= 4 is 11.6 Å². The number of halogens is 4. The molecule has 7 nitrogen and oxygen atoms in total. The van der Waals surface area contributed by atoms with E-state index in [2.05, 4.69) is 24.9 Å². The molecule has 0 saturated carbocycles. The van der Waals surface area contributed by atoms with Crippen molar-refractivity contribution in [1.82, 2.24) is 14.8 Å². The maximum Gasteiger partial charge on any atom is 0.387 e. The van der Waals surface area contributed by atoms with Gasteiger partial charge in [-0.15, -0.1) is 5.10 Å². The summed E-state index contributed by atoms with van der Waals surface area (Å²) in [4.78, 5) is 16.1. The number of benzene rings is 2. The monoisotopic (exact) mass is 396 g/mol. The second kappa shape index (κ2) is 8.37. The number of carbonyl (C=O) groups excluding carboxylic acids is 1. The Hall–Kier alpha value is -3.63. The molecule has 3 rings (SSSR count). The summed E-state index contributed by atoms with van der Waals surface area (Å²) in [5.41, 5.74) is 0.804. The Morgan fingerprint density at radius 3 is 1.96 bits per heavy atom. The van der Waals surface area contributed by atoms with Gasteiger partial charge in [0.2, 0.25) is 5.82 Å². The molecule has 0 radical (unpaired) electrons. The second-order valence-corrected chi connectivity index (χ2v) is 5.24. The van der Waals surface area contributed by atoms with Crippen LogP contribution in [-0.4, -0.2) is 33.9 Å². The molecular weight excluding hydrogens is 384 g/mol. The Kier molecular flexibility index (Phi) is 5.72. The zero-order valence-electron chi connectivity index (χ0n) is 13.9. The van der Waals surface area contributed by atoms with Crippen LogP contribution in [0.3, 0.4) is 0 Å². The minimum absolute atomic E-state index is 0.0175. The molecule has 11 heteroatoms. The van der Waals surface area contributed by atoms with Gasteiger partial charge in [-0.1, -0.05) is 0 Å². The van der Waals surface area contributed by atoms with Crippen molar-refractivity contribution in [3.63, 3.8) is 0 Å². The van der Waals surface area contributed by atoms with Crippen LogP contribution in [0.2, 0.25) is 0 Å². The van der Waals surface area contributed by atoms with E-state index in [1.165, 1.54) is 59.5 Å². The zero-order valence-corrected chi connectivity index (χ0v) is 13.9. The van der Waals surface area contributed by atoms with Crippen LogP contribution >= 0.6 is 0 Å². The zero-order chi connectivity index (χ0) is 20.1. The van der Waals surface area contributed by atoms with Gasteiger partial charge in [-0.05, 0) is 48.5 Å². The summed E-state index contributed by atoms with van der Waals surface area (Å²) in [7, 11) is 0. The lowest BCUT2D eigenvalue weighted by Gasteiger charge is -2.06. The number of alkyl halides is 4. The number of carbonyl (C=O) groups is 1. The third-order valence-corrected chi connectivity index (χ3v) is 3.36. The van der Waals surface area contributed by atoms with E-state index < -0.39 is 19.1 Å². The Labute approximate surface area is 155 Å². The van der Waals surface area contributed by atoms with Gasteiger partial charge in [-0.3, -0.25) is 4.79 Å². The Balaban J connectivity index is 1.65. The molecule has 1 aromatic heterocycles. The van der Waals surface area contributed by atoms with E-state index in [1.54, 1.807) is 0 Å². The van der Waals surface area contributed by atoms with Gasteiger partial charge >= 0.3 is 13.2 Å². The van der Waals surface area contributed by atoms with Crippen molar-refractivity contribution in [2.24, 2.45) is 0 Å². The van der Waals surface area contributed by atoms with Gasteiger partial charge in [0.25, 0.3) is 5.91 Å². The molecule has 0 saturated heterocycles. The van der Waals surface area contributed by atoms with E-state index in [9.17, 15) is 22.4 Å². The van der Waals surface area contributed by atoms with Gasteiger partial charge in [0.05, 0.1) is 5.69 Å². The summed E-state index contributed by atoms with van der Waals surface area (Å²) in [6.45, 7) is -5.87. The fourth-order valence-electron chi connectivity index (χ4n) is 2.18. The van der Waals surface area contributed by atoms with Crippen LogP contribution in [0.25, 0.3) is 5.69 Å². The normalized spacial score (nSPS) is 10.9. The summed E-state index contributed by atoms with van der Waals surface area (Å²) < 4.78 is 58.3. The van der Waals surface area contributed by atoms with Crippen molar-refractivity contribution < 1.29 is 31.8 Å². The molecule has 0 atom stereocenters. The van der Waals surface area contributed by atoms with Gasteiger partial charge in [-0.25, -0.2) is 9.67 Å². The third kappa shape index (κ3) is 4.96. The van der Waals surface area contributed by atoms with Crippen LogP contribution in [0.15, 0.2) is 54.9 Å². The Morgan fingerprint density at radius 2 is 1.43 bits per heavy atom. The number of ether oxygens (including phenoxy) is 2. The van der Waals surface area contributed by atoms with E-state index >= 15 is 0 Å². The summed E-state index contributed by atoms with van der Waals surface area (Å²) >= 11 is 0. The summed E-state index contributed by atoms with van der Waals surface area (Å²) in [6.07, 6.45) is 1.28. The van der Waals surface area contributed by atoms with Crippen molar-refractivity contribution in [3.05, 3.63) is 60.7 Å². The third-order valence-electron chi connectivity index (χ3n) is 3.36. The fourth-order valence-corrected chi connectivity index (χ4v) is 2.18. The van der Waals surface area contributed by atoms with Crippen LogP contribution in [0, 0.1) is 0 Å². The summed E-state index contributed by atoms with van der Waals surface area (Å²) in [5, 5.41) is 6.52. The van der Waals surface area contributed by atoms with Crippen LogP contribution in [0.1, 0.15) is 10.6 Å². The predicted molar refractivity (Wildman–Crippen MR) is 89.0 cm³/mol. The molecule has 0 unspecified atom stereocenters. The minimum Gasteiger partial charge on any atom is -0.435 e. The number of hydrogen-bond acceptors (Lipinski definition) is 5. The molecule has 146 valence electrons. The molecule has 0 aliphatic carbocycles. The number of nitrogens with zero attached hydrogens (tertiary/aromatic N) is 3. The number of hydrogen-bond donors (Lipinski definition) is 1. The van der Waals surface area contributed by atoms with Gasteiger partial charge in [0.15, 0.2) is 0 Å². The quantitative estimate of drug-likeness (QED) is 0.616. The summed E-state index contributed by atoms with van der Waals surface area (Å²) in [5.74, 6) is -0.842. The average molecular weight is 396 g/mol. The number of amides is 1. The van der Waals surface area contributed by atoms with Crippen molar-refractivity contribution in [2.75, 3.05) is 5.32 Å². The predicted octanol–water partition coefficient (Wildman–Crippen LogP) is 3.72. The number of nitrogens with one attached hydrogen (secondary N) is 1. The fraction of sp³-hybridized carbons (Fsp3) is 0.118. The molecule has 28 heavy (non-hydrogen) atoms. The molecule has 0 aliphatic heterocycles. The number of rotatable bonds is 7. The van der Waals surface area contributed by atoms with E-state index in [0.29, 0.717) is 11.4 Å². The SMILES string of the molecule is O=C(Nc1ccc(OC(F)F)cc1)c1ncn(-c2ccc(OC(F)F)cc2)n1. The summed E-state index contributed by atoms with van der Waals surface area (Å²) in [6, 6.07) is 10.9. The molecular formula is C17H12F4N4O3. The minimum atomic E-state index is -2.94. The van der Waals surface area contributed by atoms with Crippen molar-refractivity contribution in [2.45, 2.75) is 13.2 Å². The molecule has 2 aromatic carbocycles. The first-order valence-electron chi connectivity index (χ1n) is 7.74. The van der Waals surface area contributed by atoms with Crippen LogP contribution in [-0.2, 0) is 0 Å². The van der Waals surface area contributed by atoms with Gasteiger partial charge in [-0.2, -0.15) is 17.6 Å². The van der Waals surface area contributed by atoms with E-state index in [0.717, 1.165) is 0 Å². The average Bonchev–Trinajstić information content (AvgIpc) is 3.13. The highest BCUT2D eigenvalue weighted by atomic mass is 19.3. The van der Waals surface area contributed by atoms with E-state index in [1.807, 2.05) is 0 Å². The molecule has 0 bridgehead atoms. The Bertz CT molecular complexity index is 930. The molecule has 1 N–H and O–H groups in total. The Morgan fingerprint density at radius 1 is 0.893 bits per heavy atom. The van der Waals surface area contributed by atoms with Crippen molar-refractivity contribution in [1.29, 1.82) is 0 Å². The molecule has 1 amide bonds. The molecule has 0 spiro atoms. The van der Waals surface area contributed by atoms with E-state index in [-0.39, 0.29) is 17.3 Å². The maximum absolute atomic E-state index is 12.2. The van der Waals surface area contributed by atoms with Crippen LogP contribution in [0.5, 0.6) is 11.5 Å². The number of anilines is 1. The first-order valence-corrected chi connectivity index (χ1v) is 7.74. The topological polar surface area (TPSA) is 78.3 Å². The van der Waals surface area contributed by atoms with Crippen molar-refractivity contribution in [3.8, 4) is 17.2 Å². The molecule has 0 fully saturated rings. The largest absolute Gasteiger partial charge is 0.435 e. The highest BCUT2D eigenvalue weighted by Crippen LogP contribution is 2.19. The maximum atomic E-state index is 12.2. The van der Waals surface area contributed by atoms with Crippen LogP contribution in [0.4, 0.5) is 23.2 Å². The van der Waals surface area contributed by atoms with Gasteiger partial charge in [0.1, 0.15) is 17.8 Å². The van der Waals surface area contributed by atoms with E-state index in [4.69, 9.17) is 0 Å². The second-order valence-electron chi connectivity index (χ2n) is 5.24. The first kappa shape index (κ1) is 19.1. The highest BCUT2D eigenvalue weighted by molar-refractivity contribution is 6.01. The lowest BCUT2D eigenvalue weighted by Crippen LogP contribution is -2.14. The lowest BCUT2D eigenvalue weighted by molar-refractivity contribution is -0.0505. The van der Waals surface area contributed by atoms with Gasteiger partial charge < -0.3 is 14.8 Å². The lowest BCUT2D eigenvalue weighted by atomic mass is 10.3. The number of aromatic nitrogens is 3. The highest BCUT2D eigenvalue weighted by Gasteiger charge is 2.13. The molecule has 3 aromatic rings. The van der Waals surface area contributed by atoms with Gasteiger partial charge in [0, 0.05) is 5.69 Å². The molecule has 0 aliphatic rings. The standard InChI is InChI=1S/C17H12F4N4O3/c18-16(19)27-12-5-1-10(2-6-12)23-15(26)14-22-9-25(24-14)11-3-7-13(8-4-11)28-17(20)21/h1-9,16-17H,(H,23,26). The first-order chi connectivity index (χ1) is 13.4. The smallest absolute Gasteiger partial charge is 0.387 e. The van der Waals surface area contributed by atoms with Crippen LogP contribution < -0.4 is 14.8 Å².